The molecule has 1 heterocycles. The second-order valence-electron chi connectivity index (χ2n) is 5.92. The zero-order chi connectivity index (χ0) is 16.6. The first-order valence-corrected chi connectivity index (χ1v) is 8.03. The van der Waals surface area contributed by atoms with E-state index in [0.29, 0.717) is 19.0 Å². The van der Waals surface area contributed by atoms with Gasteiger partial charge in [-0.1, -0.05) is 26.7 Å². The van der Waals surface area contributed by atoms with Gasteiger partial charge in [-0.2, -0.15) is 10.5 Å². The van der Waals surface area contributed by atoms with Crippen molar-refractivity contribution in [2.24, 2.45) is 28.4 Å². The van der Waals surface area contributed by atoms with E-state index in [9.17, 15) is 10.5 Å². The first-order chi connectivity index (χ1) is 10.5. The van der Waals surface area contributed by atoms with Gasteiger partial charge in [0.2, 0.25) is 0 Å². The Labute approximate surface area is 131 Å². The minimum absolute atomic E-state index is 0.177. The van der Waals surface area contributed by atoms with Crippen molar-refractivity contribution < 1.29 is 14.5 Å². The topological polar surface area (TPSA) is 106 Å². The lowest BCUT2D eigenvalue weighted by atomic mass is 9.89. The molecule has 0 bridgehead atoms. The van der Waals surface area contributed by atoms with E-state index in [1.54, 1.807) is 0 Å². The number of hydrogen-bond donors (Lipinski definition) is 2. The van der Waals surface area contributed by atoms with Crippen LogP contribution in [-0.4, -0.2) is 25.0 Å². The van der Waals surface area contributed by atoms with Crippen molar-refractivity contribution in [2.75, 3.05) is 13.2 Å². The van der Waals surface area contributed by atoms with Crippen LogP contribution in [-0.2, 0) is 9.47 Å². The van der Waals surface area contributed by atoms with Gasteiger partial charge >= 0.3 is 5.91 Å². The molecule has 120 valence electrons. The van der Waals surface area contributed by atoms with Crippen molar-refractivity contribution in [3.8, 4) is 12.1 Å². The molecule has 0 unspecified atom stereocenters. The van der Waals surface area contributed by atoms with E-state index in [0.717, 1.165) is 12.8 Å². The molecule has 3 atom stereocenters. The summed E-state index contributed by atoms with van der Waals surface area (Å²) in [6.45, 7) is 8.55. The molecule has 22 heavy (non-hydrogen) atoms. The molecule has 0 spiro atoms. The molecule has 6 nitrogen and oxygen atoms in total. The van der Waals surface area contributed by atoms with Crippen LogP contribution in [0.15, 0.2) is 0 Å². The zero-order valence-electron chi connectivity index (χ0n) is 13.8. The first-order valence-electron chi connectivity index (χ1n) is 8.03. The van der Waals surface area contributed by atoms with Crippen molar-refractivity contribution in [1.29, 1.82) is 10.5 Å². The third-order valence-electron chi connectivity index (χ3n) is 5.28. The van der Waals surface area contributed by atoms with Gasteiger partial charge in [0.15, 0.2) is 10.8 Å². The Morgan fingerprint density at radius 3 is 2.05 bits per heavy atom. The standard InChI is InChI=1S/C16H24N4O2/c1-5-11(6-2)12-14(9-17)13(19)20-16(21-7-3,22-8-4)15(12,14)10-18/h11-12H,5-8H2,1-4H3,(H2,19,20)/p+1/t12-,14+,15+/m0/s1. The van der Waals surface area contributed by atoms with Crippen molar-refractivity contribution in [2.45, 2.75) is 46.4 Å². The summed E-state index contributed by atoms with van der Waals surface area (Å²) >= 11 is 0. The number of nitrogens with zero attached hydrogens (tertiary/aromatic N) is 2. The molecule has 1 aliphatic carbocycles. The maximum Gasteiger partial charge on any atom is 0.342 e. The van der Waals surface area contributed by atoms with Crippen molar-refractivity contribution in [1.82, 2.24) is 0 Å². The van der Waals surface area contributed by atoms with E-state index < -0.39 is 16.7 Å². The highest BCUT2D eigenvalue weighted by molar-refractivity contribution is 5.93. The molecule has 0 aromatic heterocycles. The molecule has 0 amide bonds. The Balaban J connectivity index is 2.63. The van der Waals surface area contributed by atoms with Gasteiger partial charge in [0.1, 0.15) is 0 Å². The normalized spacial score (nSPS) is 34.7. The summed E-state index contributed by atoms with van der Waals surface area (Å²) in [6.07, 6.45) is 1.77. The summed E-state index contributed by atoms with van der Waals surface area (Å²) in [7, 11) is 0. The second-order valence-corrected chi connectivity index (χ2v) is 5.92. The monoisotopic (exact) mass is 305 g/mol. The summed E-state index contributed by atoms with van der Waals surface area (Å²) in [5, 5.41) is 19.9. The molecule has 1 fully saturated rings. The van der Waals surface area contributed by atoms with Crippen LogP contribution in [0.2, 0.25) is 0 Å². The molecule has 0 aromatic carbocycles. The SMILES string of the molecule is CCOC1(OCC)[NH+]=C(N)[C@@]2(C#N)[C@H](C(CC)CC)[C@@]12C#N. The van der Waals surface area contributed by atoms with Crippen LogP contribution in [0.4, 0.5) is 0 Å². The molecule has 1 saturated carbocycles. The first kappa shape index (κ1) is 16.7. The van der Waals surface area contributed by atoms with Crippen LogP contribution >= 0.6 is 0 Å². The van der Waals surface area contributed by atoms with E-state index in [2.05, 4.69) is 31.0 Å². The lowest BCUT2D eigenvalue weighted by Gasteiger charge is -2.30. The maximum absolute atomic E-state index is 10.0. The molecule has 3 N–H and O–H groups in total. The van der Waals surface area contributed by atoms with E-state index in [-0.39, 0.29) is 11.8 Å². The summed E-state index contributed by atoms with van der Waals surface area (Å²) in [6, 6.07) is 4.68. The Hall–Kier alpha value is -1.63. The van der Waals surface area contributed by atoms with Crippen LogP contribution in [0.5, 0.6) is 0 Å². The number of amidine groups is 1. The minimum atomic E-state index is -1.33. The molecule has 0 saturated heterocycles. The average Bonchev–Trinajstić information content (AvgIpc) is 3.07. The molecule has 2 aliphatic rings. The number of nitrogens with one attached hydrogen (secondary N) is 1. The Kier molecular flexibility index (Phi) is 4.21. The summed E-state index contributed by atoms with van der Waals surface area (Å²) < 4.78 is 11.7. The zero-order valence-corrected chi connectivity index (χ0v) is 13.8. The quantitative estimate of drug-likeness (QED) is 0.656. The number of hydrogen-bond acceptors (Lipinski definition) is 5. The van der Waals surface area contributed by atoms with Gasteiger partial charge in [0.25, 0.3) is 5.84 Å². The fourth-order valence-electron chi connectivity index (χ4n) is 4.39. The molecule has 6 heteroatoms. The molecular weight excluding hydrogens is 280 g/mol. The van der Waals surface area contributed by atoms with E-state index in [4.69, 9.17) is 15.2 Å². The number of fused-ring (bicyclic) bond motifs is 1. The third-order valence-corrected chi connectivity index (χ3v) is 5.28. The molecule has 0 aromatic rings. The fourth-order valence-corrected chi connectivity index (χ4v) is 4.39. The molecule has 0 radical (unpaired) electrons. The number of nitrogens with two attached hydrogens (primary N) is 1. The maximum atomic E-state index is 10.0. The number of ether oxygens (including phenoxy) is 2. The lowest BCUT2D eigenvalue weighted by Crippen LogP contribution is -2.91. The van der Waals surface area contributed by atoms with Crippen LogP contribution in [0.3, 0.4) is 0 Å². The summed E-state index contributed by atoms with van der Waals surface area (Å²) in [5.41, 5.74) is 4.04. The highest BCUT2D eigenvalue weighted by atomic mass is 16.7. The smallest absolute Gasteiger partial charge is 0.314 e. The second kappa shape index (κ2) is 5.53. The molecular formula is C16H25N4O2+. The average molecular weight is 305 g/mol. The lowest BCUT2D eigenvalue weighted by molar-refractivity contribution is -0.694. The van der Waals surface area contributed by atoms with Gasteiger partial charge in [-0.05, 0) is 19.8 Å². The van der Waals surface area contributed by atoms with Gasteiger partial charge in [-0.25, -0.2) is 4.99 Å². The van der Waals surface area contributed by atoms with E-state index >= 15 is 0 Å². The van der Waals surface area contributed by atoms with Gasteiger partial charge in [0, 0.05) is 5.92 Å². The Morgan fingerprint density at radius 1 is 1.14 bits per heavy atom. The van der Waals surface area contributed by atoms with Crippen molar-refractivity contribution in [3.63, 3.8) is 0 Å². The third kappa shape index (κ3) is 1.57. The van der Waals surface area contributed by atoms with Crippen molar-refractivity contribution >= 4 is 5.84 Å². The van der Waals surface area contributed by atoms with Gasteiger partial charge < -0.3 is 9.47 Å². The van der Waals surface area contributed by atoms with Gasteiger partial charge in [0.05, 0.1) is 25.4 Å². The molecule has 1 aliphatic heterocycles. The van der Waals surface area contributed by atoms with Crippen LogP contribution in [0.1, 0.15) is 40.5 Å². The predicted molar refractivity (Wildman–Crippen MR) is 79.8 cm³/mol. The van der Waals surface area contributed by atoms with Crippen molar-refractivity contribution in [3.05, 3.63) is 0 Å². The van der Waals surface area contributed by atoms with Gasteiger partial charge in [-0.3, -0.25) is 5.73 Å². The summed E-state index contributed by atoms with van der Waals surface area (Å²) in [4.78, 5) is 2.99. The number of rotatable bonds is 7. The van der Waals surface area contributed by atoms with E-state index in [1.165, 1.54) is 0 Å². The highest BCUT2D eigenvalue weighted by Gasteiger charge is 2.97. The van der Waals surface area contributed by atoms with Crippen LogP contribution in [0, 0.1) is 45.3 Å². The fraction of sp³-hybridized carbons (Fsp3) is 0.812. The highest BCUT2D eigenvalue weighted by Crippen LogP contribution is 2.77. The number of nitriles is 2. The largest absolute Gasteiger partial charge is 0.342 e. The van der Waals surface area contributed by atoms with Crippen LogP contribution < -0.4 is 10.7 Å². The minimum Gasteiger partial charge on any atom is -0.314 e. The van der Waals surface area contributed by atoms with E-state index in [1.807, 2.05) is 13.8 Å². The molecule has 2 rings (SSSR count). The summed E-state index contributed by atoms with van der Waals surface area (Å²) in [5.74, 6) is -0.988. The Bertz CT molecular complexity index is 551. The van der Waals surface area contributed by atoms with Crippen LogP contribution in [0.25, 0.3) is 0 Å². The Morgan fingerprint density at radius 2 is 1.68 bits per heavy atom. The predicted octanol–water partition coefficient (Wildman–Crippen LogP) is 0.251. The van der Waals surface area contributed by atoms with Gasteiger partial charge in [-0.15, -0.1) is 0 Å².